The molecule has 3 aliphatic rings. The number of aliphatic hydroxyl groups excluding tert-OH is 1. The fraction of sp³-hybridized carbons (Fsp3) is 0.526. The Morgan fingerprint density at radius 1 is 1.28 bits per heavy atom. The third kappa shape index (κ3) is 4.29. The molecular weight excluding hydrogens is 422 g/mol. The van der Waals surface area contributed by atoms with Crippen molar-refractivity contribution < 1.29 is 24.4 Å². The van der Waals surface area contributed by atoms with Crippen LogP contribution in [0.15, 0.2) is 29.3 Å². The molecule has 32 heavy (non-hydrogen) atoms. The highest BCUT2D eigenvalue weighted by atomic mass is 16.6. The number of piperazine rings is 1. The Hall–Kier alpha value is -3.45. The number of ether oxygens (including phenoxy) is 1. The minimum Gasteiger partial charge on any atom is -0.491 e. The fourth-order valence-electron chi connectivity index (χ4n) is 3.97. The lowest BCUT2D eigenvalue weighted by Crippen LogP contribution is -2.65. The van der Waals surface area contributed by atoms with Gasteiger partial charge >= 0.3 is 6.03 Å². The second-order valence-corrected chi connectivity index (χ2v) is 7.80. The largest absolute Gasteiger partial charge is 0.491 e. The number of carbonyl (C=O) groups is 2. The maximum atomic E-state index is 12.6. The Balaban J connectivity index is 1.46. The van der Waals surface area contributed by atoms with E-state index in [1.807, 2.05) is 4.90 Å². The summed E-state index contributed by atoms with van der Waals surface area (Å²) in [6.07, 6.45) is -1.66. The van der Waals surface area contributed by atoms with Crippen molar-refractivity contribution in [2.24, 2.45) is 4.99 Å². The van der Waals surface area contributed by atoms with Gasteiger partial charge in [-0.1, -0.05) is 0 Å². The molecule has 13 nitrogen and oxygen atoms in total. The van der Waals surface area contributed by atoms with Crippen molar-refractivity contribution in [2.75, 3.05) is 46.4 Å². The van der Waals surface area contributed by atoms with Gasteiger partial charge in [0.05, 0.1) is 11.5 Å². The summed E-state index contributed by atoms with van der Waals surface area (Å²) in [5, 5.41) is 27.0. The van der Waals surface area contributed by atoms with E-state index < -0.39 is 35.2 Å². The zero-order chi connectivity index (χ0) is 22.8. The number of aliphatic hydroxyl groups is 1. The number of nitrogens with one attached hydrogen (secondary N) is 2. The number of hydrogen-bond acceptors (Lipinski definition) is 10. The zero-order valence-corrected chi connectivity index (χ0v) is 17.5. The first-order chi connectivity index (χ1) is 15.3. The van der Waals surface area contributed by atoms with Crippen LogP contribution < -0.4 is 15.4 Å². The summed E-state index contributed by atoms with van der Waals surface area (Å²) in [5.74, 6) is 0.480. The van der Waals surface area contributed by atoms with E-state index in [9.17, 15) is 24.8 Å². The first-order valence-corrected chi connectivity index (χ1v) is 10.3. The lowest BCUT2D eigenvalue weighted by atomic mass is 10.1. The van der Waals surface area contributed by atoms with E-state index in [1.165, 1.54) is 29.2 Å². The third-order valence-corrected chi connectivity index (χ3v) is 5.64. The quantitative estimate of drug-likeness (QED) is 0.360. The van der Waals surface area contributed by atoms with Crippen molar-refractivity contribution in [3.63, 3.8) is 0 Å². The molecule has 172 valence electrons. The summed E-state index contributed by atoms with van der Waals surface area (Å²) in [5.41, 5.74) is -0.0557. The van der Waals surface area contributed by atoms with Crippen LogP contribution in [-0.2, 0) is 4.79 Å². The van der Waals surface area contributed by atoms with E-state index in [0.717, 1.165) is 13.1 Å². The van der Waals surface area contributed by atoms with Gasteiger partial charge in [0.1, 0.15) is 18.5 Å². The van der Waals surface area contributed by atoms with Gasteiger partial charge in [0.25, 0.3) is 11.6 Å². The summed E-state index contributed by atoms with van der Waals surface area (Å²) < 4.78 is 5.57. The number of imide groups is 1. The molecule has 3 aliphatic heterocycles. The van der Waals surface area contributed by atoms with Gasteiger partial charge in [0.15, 0.2) is 18.2 Å². The third-order valence-electron chi connectivity index (χ3n) is 5.64. The van der Waals surface area contributed by atoms with Gasteiger partial charge in [-0.15, -0.1) is 0 Å². The number of carbonyl (C=O) groups excluding carboxylic acids is 2. The highest BCUT2D eigenvalue weighted by Crippen LogP contribution is 2.26. The predicted octanol–water partition coefficient (Wildman–Crippen LogP) is -1.21. The van der Waals surface area contributed by atoms with Gasteiger partial charge in [-0.3, -0.25) is 20.2 Å². The van der Waals surface area contributed by atoms with Crippen LogP contribution in [0.3, 0.4) is 0 Å². The first kappa shape index (κ1) is 21.8. The number of non-ortho nitro benzene ring substituents is 1. The Morgan fingerprint density at radius 3 is 2.62 bits per heavy atom. The molecule has 13 heteroatoms. The molecule has 3 N–H and O–H groups in total. The smallest absolute Gasteiger partial charge is 0.325 e. The van der Waals surface area contributed by atoms with Crippen LogP contribution in [0.1, 0.15) is 0 Å². The number of rotatable bonds is 6. The molecule has 0 spiro atoms. The molecule has 0 aliphatic carbocycles. The molecule has 3 heterocycles. The summed E-state index contributed by atoms with van der Waals surface area (Å²) in [6, 6.07) is 4.29. The number of hydrogen-bond donors (Lipinski definition) is 3. The number of likely N-dealkylation sites (N-methyl/N-ethyl adjacent to an activating group) is 1. The van der Waals surface area contributed by atoms with Crippen LogP contribution in [-0.4, -0.2) is 107 Å². The van der Waals surface area contributed by atoms with Crippen molar-refractivity contribution in [3.05, 3.63) is 34.4 Å². The Bertz CT molecular complexity index is 917. The van der Waals surface area contributed by atoms with Crippen LogP contribution in [0.5, 0.6) is 5.75 Å². The molecular formula is C19H25N7O6. The van der Waals surface area contributed by atoms with E-state index >= 15 is 0 Å². The molecule has 4 rings (SSSR count). The number of urea groups is 1. The highest BCUT2D eigenvalue weighted by Gasteiger charge is 2.50. The number of benzene rings is 1. The minimum absolute atomic E-state index is 0.0557. The standard InChI is InChI=1S/C19H25N7O6/c1-23-16-15(17(28)22-19(23)29)25(18(21-16)24-8-6-20-7-9-24)10-13(27)11-32-14-4-2-12(3-5-14)26(30)31/h2-5,13,15-16,20,27H,6-11H2,1H3,(H,22,28,29). The Kier molecular flexibility index (Phi) is 6.10. The van der Waals surface area contributed by atoms with Gasteiger partial charge in [-0.25, -0.2) is 9.79 Å². The van der Waals surface area contributed by atoms with Crippen molar-refractivity contribution in [3.8, 4) is 5.75 Å². The minimum atomic E-state index is -0.979. The number of nitrogens with zero attached hydrogens (tertiary/aromatic N) is 5. The second kappa shape index (κ2) is 8.96. The van der Waals surface area contributed by atoms with E-state index in [4.69, 9.17) is 4.74 Å². The Morgan fingerprint density at radius 2 is 1.97 bits per heavy atom. The molecule has 0 aromatic heterocycles. The van der Waals surface area contributed by atoms with E-state index in [1.54, 1.807) is 11.9 Å². The molecule has 2 fully saturated rings. The molecule has 1 aromatic carbocycles. The van der Waals surface area contributed by atoms with Crippen molar-refractivity contribution in [2.45, 2.75) is 18.3 Å². The number of aliphatic imine (C=N–C) groups is 1. The molecule has 1 aromatic rings. The maximum absolute atomic E-state index is 12.6. The van der Waals surface area contributed by atoms with Crippen LogP contribution in [0.4, 0.5) is 10.5 Å². The van der Waals surface area contributed by atoms with Gasteiger partial charge in [0, 0.05) is 45.4 Å². The SMILES string of the molecule is CN1C(=O)NC(=O)C2C1N=C(N1CCNCC1)N2CC(O)COc1ccc([N+](=O)[O-])cc1. The van der Waals surface area contributed by atoms with Crippen LogP contribution >= 0.6 is 0 Å². The summed E-state index contributed by atoms with van der Waals surface area (Å²) in [7, 11) is 1.58. The number of nitro groups is 1. The summed E-state index contributed by atoms with van der Waals surface area (Å²) >= 11 is 0. The maximum Gasteiger partial charge on any atom is 0.325 e. The van der Waals surface area contributed by atoms with Gasteiger partial charge < -0.3 is 29.9 Å². The Labute approximate surface area is 183 Å². The van der Waals surface area contributed by atoms with Gasteiger partial charge in [-0.05, 0) is 12.1 Å². The molecule has 0 bridgehead atoms. The number of fused-ring (bicyclic) bond motifs is 1. The van der Waals surface area contributed by atoms with E-state index in [0.29, 0.717) is 24.8 Å². The monoisotopic (exact) mass is 447 g/mol. The average molecular weight is 447 g/mol. The molecule has 0 radical (unpaired) electrons. The molecule has 0 saturated carbocycles. The van der Waals surface area contributed by atoms with Crippen molar-refractivity contribution in [1.29, 1.82) is 0 Å². The van der Waals surface area contributed by atoms with Crippen molar-refractivity contribution >= 4 is 23.6 Å². The summed E-state index contributed by atoms with van der Waals surface area (Å²) in [6.45, 7) is 2.86. The van der Waals surface area contributed by atoms with E-state index in [-0.39, 0.29) is 18.8 Å². The molecule has 2 saturated heterocycles. The topological polar surface area (TPSA) is 153 Å². The molecule has 3 unspecified atom stereocenters. The highest BCUT2D eigenvalue weighted by molar-refractivity contribution is 6.03. The van der Waals surface area contributed by atoms with Crippen LogP contribution in [0.25, 0.3) is 0 Å². The molecule has 3 amide bonds. The van der Waals surface area contributed by atoms with Gasteiger partial charge in [0.2, 0.25) is 0 Å². The lowest BCUT2D eigenvalue weighted by molar-refractivity contribution is -0.384. The summed E-state index contributed by atoms with van der Waals surface area (Å²) in [4.78, 5) is 44.8. The van der Waals surface area contributed by atoms with E-state index in [2.05, 4.69) is 15.6 Å². The fourth-order valence-corrected chi connectivity index (χ4v) is 3.97. The molecule has 3 atom stereocenters. The van der Waals surface area contributed by atoms with Crippen LogP contribution in [0.2, 0.25) is 0 Å². The second-order valence-electron chi connectivity index (χ2n) is 7.80. The van der Waals surface area contributed by atoms with Crippen LogP contribution in [0, 0.1) is 10.1 Å². The average Bonchev–Trinajstić information content (AvgIpc) is 3.17. The normalized spacial score (nSPS) is 24.1. The van der Waals surface area contributed by atoms with Crippen molar-refractivity contribution in [1.82, 2.24) is 25.3 Å². The number of guanidine groups is 1. The predicted molar refractivity (Wildman–Crippen MR) is 112 cm³/mol. The lowest BCUT2D eigenvalue weighted by Gasteiger charge is -2.39. The number of nitro benzene ring substituents is 1. The van der Waals surface area contributed by atoms with Gasteiger partial charge in [-0.2, -0.15) is 0 Å². The number of β-amino-alcohol motifs (C(OH)–C–C–N with tert-alkyl or cyclic N) is 1. The zero-order valence-electron chi connectivity index (χ0n) is 17.5. The number of amides is 3. The first-order valence-electron chi connectivity index (χ1n) is 10.3.